The van der Waals surface area contributed by atoms with Gasteiger partial charge in [-0.25, -0.2) is 0 Å². The van der Waals surface area contributed by atoms with Crippen LogP contribution >= 0.6 is 11.6 Å². The van der Waals surface area contributed by atoms with Crippen LogP contribution in [0.4, 0.5) is 0 Å². The summed E-state index contributed by atoms with van der Waals surface area (Å²) >= 11 is 6.11. The summed E-state index contributed by atoms with van der Waals surface area (Å²) in [6.45, 7) is 2.09. The van der Waals surface area contributed by atoms with Gasteiger partial charge in [0.15, 0.2) is 0 Å². The molecule has 1 saturated heterocycles. The van der Waals surface area contributed by atoms with Crippen LogP contribution in [-0.2, 0) is 0 Å². The number of benzene rings is 1. The van der Waals surface area contributed by atoms with Gasteiger partial charge >= 0.3 is 0 Å². The Kier molecular flexibility index (Phi) is 3.59. The van der Waals surface area contributed by atoms with Crippen LogP contribution < -0.4 is 5.73 Å². The quantitative estimate of drug-likeness (QED) is 0.923. The van der Waals surface area contributed by atoms with Crippen molar-refractivity contribution in [3.05, 3.63) is 41.0 Å². The molecule has 1 aromatic carbocycles. The number of halogens is 1. The molecule has 1 aliphatic rings. The molecule has 4 nitrogen and oxygen atoms in total. The van der Waals surface area contributed by atoms with Crippen LogP contribution in [0.3, 0.4) is 0 Å². The van der Waals surface area contributed by atoms with Crippen LogP contribution in [0.15, 0.2) is 30.5 Å². The largest absolute Gasteiger partial charge is 0.338 e. The zero-order valence-electron chi connectivity index (χ0n) is 11.1. The van der Waals surface area contributed by atoms with Crippen molar-refractivity contribution < 1.29 is 4.79 Å². The van der Waals surface area contributed by atoms with Crippen LogP contribution in [0.1, 0.15) is 16.8 Å². The number of rotatable bonds is 2. The van der Waals surface area contributed by atoms with E-state index in [4.69, 9.17) is 17.3 Å². The van der Waals surface area contributed by atoms with E-state index in [-0.39, 0.29) is 5.91 Å². The van der Waals surface area contributed by atoms with Crippen LogP contribution in [0.2, 0.25) is 5.02 Å². The summed E-state index contributed by atoms with van der Waals surface area (Å²) in [5.74, 6) is 0.393. The summed E-state index contributed by atoms with van der Waals surface area (Å²) in [5, 5.41) is 1.45. The molecule has 0 spiro atoms. The fourth-order valence-corrected chi connectivity index (χ4v) is 2.93. The predicted molar refractivity (Wildman–Crippen MR) is 79.8 cm³/mol. The molecule has 5 heteroatoms. The van der Waals surface area contributed by atoms with Crippen molar-refractivity contribution in [2.24, 2.45) is 11.7 Å². The zero-order valence-corrected chi connectivity index (χ0v) is 11.8. The fourth-order valence-electron chi connectivity index (χ4n) is 2.70. The molecule has 1 fully saturated rings. The predicted octanol–water partition coefficient (Wildman–Crippen LogP) is 2.31. The molecule has 0 bridgehead atoms. The molecule has 1 aliphatic heterocycles. The Morgan fingerprint density at radius 3 is 3.10 bits per heavy atom. The minimum atomic E-state index is -0.00727. The first-order valence-corrected chi connectivity index (χ1v) is 7.10. The molecule has 104 valence electrons. The third-order valence-corrected chi connectivity index (χ3v) is 4.02. The minimum Gasteiger partial charge on any atom is -0.338 e. The summed E-state index contributed by atoms with van der Waals surface area (Å²) in [6.07, 6.45) is 2.66. The minimum absolute atomic E-state index is 0.00727. The lowest BCUT2D eigenvalue weighted by molar-refractivity contribution is 0.0789. The van der Waals surface area contributed by atoms with E-state index < -0.39 is 0 Å². The highest BCUT2D eigenvalue weighted by Crippen LogP contribution is 2.25. The highest BCUT2D eigenvalue weighted by molar-refractivity contribution is 6.32. The molecule has 3 rings (SSSR count). The topological polar surface area (TPSA) is 59.2 Å². The van der Waals surface area contributed by atoms with Gasteiger partial charge in [-0.2, -0.15) is 0 Å². The number of hydrogen-bond acceptors (Lipinski definition) is 3. The van der Waals surface area contributed by atoms with Gasteiger partial charge in [0.2, 0.25) is 0 Å². The van der Waals surface area contributed by atoms with Gasteiger partial charge in [-0.3, -0.25) is 9.78 Å². The van der Waals surface area contributed by atoms with E-state index in [2.05, 4.69) is 4.98 Å². The van der Waals surface area contributed by atoms with Crippen molar-refractivity contribution in [2.75, 3.05) is 19.6 Å². The van der Waals surface area contributed by atoms with E-state index in [0.717, 1.165) is 24.9 Å². The Hall–Kier alpha value is -1.65. The van der Waals surface area contributed by atoms with E-state index in [0.29, 0.717) is 28.6 Å². The van der Waals surface area contributed by atoms with Crippen LogP contribution in [0, 0.1) is 5.92 Å². The molecule has 1 atom stereocenters. The van der Waals surface area contributed by atoms with E-state index in [9.17, 15) is 4.79 Å². The molecule has 2 N–H and O–H groups in total. The molecule has 2 heterocycles. The maximum Gasteiger partial charge on any atom is 0.256 e. The van der Waals surface area contributed by atoms with Gasteiger partial charge in [-0.15, -0.1) is 0 Å². The summed E-state index contributed by atoms with van der Waals surface area (Å²) < 4.78 is 0. The summed E-state index contributed by atoms with van der Waals surface area (Å²) in [5.41, 5.74) is 6.96. The molecule has 1 amide bonds. The third-order valence-electron chi connectivity index (χ3n) is 3.81. The Labute approximate surface area is 122 Å². The van der Waals surface area contributed by atoms with Crippen molar-refractivity contribution in [3.8, 4) is 0 Å². The lowest BCUT2D eigenvalue weighted by atomic mass is 10.1. The lowest BCUT2D eigenvalue weighted by Gasteiger charge is -2.17. The van der Waals surface area contributed by atoms with Gasteiger partial charge in [0, 0.05) is 29.7 Å². The number of fused-ring (bicyclic) bond motifs is 1. The van der Waals surface area contributed by atoms with Gasteiger partial charge in [0.1, 0.15) is 0 Å². The number of amides is 1. The Balaban J connectivity index is 1.99. The summed E-state index contributed by atoms with van der Waals surface area (Å²) in [7, 11) is 0. The number of nitrogens with zero attached hydrogens (tertiary/aromatic N) is 2. The van der Waals surface area contributed by atoms with Gasteiger partial charge < -0.3 is 10.6 Å². The van der Waals surface area contributed by atoms with Crippen LogP contribution in [0.25, 0.3) is 10.9 Å². The summed E-state index contributed by atoms with van der Waals surface area (Å²) in [6, 6.07) is 7.28. The number of aromatic nitrogens is 1. The highest BCUT2D eigenvalue weighted by atomic mass is 35.5. The number of carbonyl (C=O) groups excluding carboxylic acids is 1. The maximum absolute atomic E-state index is 12.7. The maximum atomic E-state index is 12.7. The number of pyridine rings is 1. The average molecular weight is 290 g/mol. The number of nitrogens with two attached hydrogens (primary N) is 1. The Morgan fingerprint density at radius 1 is 1.50 bits per heavy atom. The number of likely N-dealkylation sites (tertiary alicyclic amines) is 1. The van der Waals surface area contributed by atoms with E-state index in [1.54, 1.807) is 12.3 Å². The molecule has 20 heavy (non-hydrogen) atoms. The van der Waals surface area contributed by atoms with Gasteiger partial charge in [-0.1, -0.05) is 17.7 Å². The number of hydrogen-bond donors (Lipinski definition) is 1. The zero-order chi connectivity index (χ0) is 14.1. The van der Waals surface area contributed by atoms with Crippen molar-refractivity contribution in [2.45, 2.75) is 6.42 Å². The standard InChI is InChI=1S/C15H16ClN3O/c16-12-6-11-2-1-4-18-14(11)13(7-12)15(20)19-5-3-10(8-17)9-19/h1-2,4,6-7,10H,3,5,8-9,17H2. The Bertz CT molecular complexity index is 659. The first-order valence-electron chi connectivity index (χ1n) is 6.72. The van der Waals surface area contributed by atoms with Crippen LogP contribution in [-0.4, -0.2) is 35.4 Å². The van der Waals surface area contributed by atoms with E-state index in [1.807, 2.05) is 23.1 Å². The smallest absolute Gasteiger partial charge is 0.256 e. The molecule has 2 aromatic rings. The molecule has 0 aliphatic carbocycles. The first kappa shape index (κ1) is 13.3. The molecule has 1 unspecified atom stereocenters. The van der Waals surface area contributed by atoms with Crippen molar-refractivity contribution in [1.29, 1.82) is 0 Å². The third kappa shape index (κ3) is 2.37. The number of carbonyl (C=O) groups is 1. The normalized spacial score (nSPS) is 18.7. The lowest BCUT2D eigenvalue weighted by Crippen LogP contribution is -2.30. The molecule has 0 saturated carbocycles. The summed E-state index contributed by atoms with van der Waals surface area (Å²) in [4.78, 5) is 18.8. The first-order chi connectivity index (χ1) is 9.69. The van der Waals surface area contributed by atoms with Crippen LogP contribution in [0.5, 0.6) is 0 Å². The monoisotopic (exact) mass is 289 g/mol. The van der Waals surface area contributed by atoms with Crippen molar-refractivity contribution in [1.82, 2.24) is 9.88 Å². The average Bonchev–Trinajstić information content (AvgIpc) is 2.94. The van der Waals surface area contributed by atoms with Gasteiger partial charge in [0.25, 0.3) is 5.91 Å². The molecular formula is C15H16ClN3O. The molecule has 1 aromatic heterocycles. The van der Waals surface area contributed by atoms with Gasteiger partial charge in [-0.05, 0) is 37.1 Å². The molecule has 0 radical (unpaired) electrons. The van der Waals surface area contributed by atoms with E-state index >= 15 is 0 Å². The highest BCUT2D eigenvalue weighted by Gasteiger charge is 2.27. The molecular weight excluding hydrogens is 274 g/mol. The van der Waals surface area contributed by atoms with Crippen molar-refractivity contribution in [3.63, 3.8) is 0 Å². The van der Waals surface area contributed by atoms with Crippen molar-refractivity contribution >= 4 is 28.4 Å². The van der Waals surface area contributed by atoms with E-state index in [1.165, 1.54) is 0 Å². The SMILES string of the molecule is NCC1CCN(C(=O)c2cc(Cl)cc3cccnc23)C1. The second-order valence-corrected chi connectivity index (χ2v) is 5.61. The second kappa shape index (κ2) is 5.38. The fraction of sp³-hybridized carbons (Fsp3) is 0.333. The Morgan fingerprint density at radius 2 is 2.35 bits per heavy atom. The van der Waals surface area contributed by atoms with Gasteiger partial charge in [0.05, 0.1) is 11.1 Å². The second-order valence-electron chi connectivity index (χ2n) is 5.17.